The molecule has 1 N–H and O–H groups in total. The molecule has 19 heavy (non-hydrogen) atoms. The number of H-pyrrole nitrogens is 1. The summed E-state index contributed by atoms with van der Waals surface area (Å²) in [5.41, 5.74) is 0. The molecule has 3 heterocycles. The Morgan fingerprint density at radius 3 is 3.11 bits per heavy atom. The maximum Gasteiger partial charge on any atom is 0.154 e. The number of rotatable bonds is 4. The molecule has 0 spiro atoms. The zero-order valence-electron chi connectivity index (χ0n) is 11.3. The number of aromatic nitrogens is 5. The van der Waals surface area contributed by atoms with Crippen LogP contribution in [0.25, 0.3) is 0 Å². The van der Waals surface area contributed by atoms with Gasteiger partial charge >= 0.3 is 0 Å². The van der Waals surface area contributed by atoms with Crippen molar-refractivity contribution in [2.75, 3.05) is 6.61 Å². The van der Waals surface area contributed by atoms with Crippen molar-refractivity contribution in [3.8, 4) is 0 Å². The highest BCUT2D eigenvalue weighted by molar-refractivity contribution is 5.01. The molecular formula is C13H19N5O. The number of ether oxygens (including phenoxy) is 1. The summed E-state index contributed by atoms with van der Waals surface area (Å²) >= 11 is 0. The standard InChI is InChI=1S/C13H19N5O/c1-9(2)12-15-13(17-16-12)11-10(3-6-19-11)7-18-5-4-14-8-18/h4-5,8-11H,3,6-7H2,1-2H3,(H,15,16,17)/t10-,11-/m1/s1. The van der Waals surface area contributed by atoms with Crippen LogP contribution in [-0.2, 0) is 11.3 Å². The largest absolute Gasteiger partial charge is 0.370 e. The van der Waals surface area contributed by atoms with Crippen LogP contribution in [0.1, 0.15) is 43.9 Å². The van der Waals surface area contributed by atoms with Crippen LogP contribution in [-0.4, -0.2) is 31.3 Å². The number of hydrogen-bond donors (Lipinski definition) is 1. The van der Waals surface area contributed by atoms with Gasteiger partial charge in [-0.15, -0.1) is 0 Å². The van der Waals surface area contributed by atoms with Gasteiger partial charge in [-0.3, -0.25) is 5.10 Å². The third kappa shape index (κ3) is 2.53. The molecular weight excluding hydrogens is 242 g/mol. The summed E-state index contributed by atoms with van der Waals surface area (Å²) in [6.45, 7) is 5.86. The van der Waals surface area contributed by atoms with E-state index in [1.54, 1.807) is 6.20 Å². The summed E-state index contributed by atoms with van der Waals surface area (Å²) in [7, 11) is 0. The van der Waals surface area contributed by atoms with Crippen molar-refractivity contribution in [1.82, 2.24) is 24.7 Å². The Hall–Kier alpha value is -1.69. The molecule has 6 heteroatoms. The lowest BCUT2D eigenvalue weighted by molar-refractivity contribution is 0.0796. The van der Waals surface area contributed by atoms with E-state index >= 15 is 0 Å². The first-order valence-corrected chi connectivity index (χ1v) is 6.73. The van der Waals surface area contributed by atoms with E-state index in [9.17, 15) is 0 Å². The summed E-state index contributed by atoms with van der Waals surface area (Å²) < 4.78 is 7.92. The summed E-state index contributed by atoms with van der Waals surface area (Å²) in [6.07, 6.45) is 6.68. The van der Waals surface area contributed by atoms with E-state index in [-0.39, 0.29) is 6.10 Å². The Bertz CT molecular complexity index is 519. The molecule has 102 valence electrons. The molecule has 0 amide bonds. The normalized spacial score (nSPS) is 23.3. The van der Waals surface area contributed by atoms with Crippen molar-refractivity contribution in [2.24, 2.45) is 5.92 Å². The Morgan fingerprint density at radius 1 is 1.53 bits per heavy atom. The second-order valence-electron chi connectivity index (χ2n) is 5.33. The maximum atomic E-state index is 5.83. The molecule has 1 aliphatic rings. The molecule has 1 fully saturated rings. The summed E-state index contributed by atoms with van der Waals surface area (Å²) in [4.78, 5) is 8.63. The highest BCUT2D eigenvalue weighted by Gasteiger charge is 2.32. The average Bonchev–Trinajstić information content (AvgIpc) is 3.09. The van der Waals surface area contributed by atoms with Gasteiger partial charge in [-0.25, -0.2) is 9.97 Å². The molecule has 1 aliphatic heterocycles. The first-order valence-electron chi connectivity index (χ1n) is 6.73. The lowest BCUT2D eigenvalue weighted by Crippen LogP contribution is -2.15. The Balaban J connectivity index is 1.74. The highest BCUT2D eigenvalue weighted by atomic mass is 16.5. The van der Waals surface area contributed by atoms with Gasteiger partial charge in [-0.2, -0.15) is 5.10 Å². The average molecular weight is 261 g/mol. The third-order valence-electron chi connectivity index (χ3n) is 3.52. The van der Waals surface area contributed by atoms with Gasteiger partial charge in [0.2, 0.25) is 0 Å². The van der Waals surface area contributed by atoms with Crippen LogP contribution in [0.2, 0.25) is 0 Å². The van der Waals surface area contributed by atoms with Crippen LogP contribution in [0.5, 0.6) is 0 Å². The third-order valence-corrected chi connectivity index (χ3v) is 3.52. The van der Waals surface area contributed by atoms with Crippen LogP contribution in [0.4, 0.5) is 0 Å². The van der Waals surface area contributed by atoms with Gasteiger partial charge in [0.15, 0.2) is 11.6 Å². The molecule has 3 rings (SSSR count). The van der Waals surface area contributed by atoms with Gasteiger partial charge in [-0.1, -0.05) is 13.8 Å². The van der Waals surface area contributed by atoms with Gasteiger partial charge in [0.1, 0.15) is 6.10 Å². The predicted octanol–water partition coefficient (Wildman–Crippen LogP) is 1.90. The Morgan fingerprint density at radius 2 is 2.42 bits per heavy atom. The fourth-order valence-corrected chi connectivity index (χ4v) is 2.46. The zero-order chi connectivity index (χ0) is 13.2. The molecule has 0 saturated carbocycles. The highest BCUT2D eigenvalue weighted by Crippen LogP contribution is 2.34. The number of imidazole rings is 1. The second kappa shape index (κ2) is 5.13. The van der Waals surface area contributed by atoms with E-state index in [2.05, 4.69) is 38.6 Å². The van der Waals surface area contributed by atoms with E-state index < -0.39 is 0 Å². The van der Waals surface area contributed by atoms with Crippen LogP contribution in [0, 0.1) is 5.92 Å². The van der Waals surface area contributed by atoms with Crippen molar-refractivity contribution in [3.05, 3.63) is 30.4 Å². The summed E-state index contributed by atoms with van der Waals surface area (Å²) in [6, 6.07) is 0. The first kappa shape index (κ1) is 12.3. The van der Waals surface area contributed by atoms with E-state index in [4.69, 9.17) is 4.74 Å². The van der Waals surface area contributed by atoms with Crippen molar-refractivity contribution >= 4 is 0 Å². The summed E-state index contributed by atoms with van der Waals surface area (Å²) in [5, 5.41) is 7.28. The molecule has 2 aromatic heterocycles. The number of aromatic amines is 1. The molecule has 6 nitrogen and oxygen atoms in total. The number of hydrogen-bond acceptors (Lipinski definition) is 4. The molecule has 0 bridgehead atoms. The molecule has 0 radical (unpaired) electrons. The topological polar surface area (TPSA) is 68.6 Å². The van der Waals surface area contributed by atoms with Crippen LogP contribution < -0.4 is 0 Å². The number of nitrogens with one attached hydrogen (secondary N) is 1. The number of nitrogens with zero attached hydrogens (tertiary/aromatic N) is 4. The van der Waals surface area contributed by atoms with E-state index in [1.165, 1.54) is 0 Å². The van der Waals surface area contributed by atoms with E-state index in [1.807, 2.05) is 12.5 Å². The monoisotopic (exact) mass is 261 g/mol. The zero-order valence-corrected chi connectivity index (χ0v) is 11.3. The molecule has 2 aromatic rings. The van der Waals surface area contributed by atoms with Crippen molar-refractivity contribution < 1.29 is 4.74 Å². The van der Waals surface area contributed by atoms with Gasteiger partial charge in [0, 0.05) is 37.4 Å². The maximum absolute atomic E-state index is 5.83. The van der Waals surface area contributed by atoms with Crippen LogP contribution in [0.15, 0.2) is 18.7 Å². The fraction of sp³-hybridized carbons (Fsp3) is 0.615. The van der Waals surface area contributed by atoms with E-state index in [0.29, 0.717) is 11.8 Å². The first-order chi connectivity index (χ1) is 9.24. The van der Waals surface area contributed by atoms with E-state index in [0.717, 1.165) is 31.2 Å². The minimum atomic E-state index is 0.0161. The van der Waals surface area contributed by atoms with Crippen molar-refractivity contribution in [3.63, 3.8) is 0 Å². The van der Waals surface area contributed by atoms with Gasteiger partial charge in [0.05, 0.1) is 6.33 Å². The minimum Gasteiger partial charge on any atom is -0.370 e. The van der Waals surface area contributed by atoms with Crippen molar-refractivity contribution in [1.29, 1.82) is 0 Å². The lowest BCUT2D eigenvalue weighted by atomic mass is 10.0. The van der Waals surface area contributed by atoms with Gasteiger partial charge < -0.3 is 9.30 Å². The van der Waals surface area contributed by atoms with Gasteiger partial charge in [0.25, 0.3) is 0 Å². The quantitative estimate of drug-likeness (QED) is 0.912. The predicted molar refractivity (Wildman–Crippen MR) is 69.5 cm³/mol. The molecule has 0 unspecified atom stereocenters. The minimum absolute atomic E-state index is 0.0161. The molecule has 2 atom stereocenters. The smallest absolute Gasteiger partial charge is 0.154 e. The fourth-order valence-electron chi connectivity index (χ4n) is 2.46. The van der Waals surface area contributed by atoms with Crippen molar-refractivity contribution in [2.45, 2.75) is 38.8 Å². The Kier molecular flexibility index (Phi) is 3.33. The molecule has 0 aliphatic carbocycles. The Labute approximate surface area is 112 Å². The van der Waals surface area contributed by atoms with Gasteiger partial charge in [-0.05, 0) is 6.42 Å². The second-order valence-corrected chi connectivity index (χ2v) is 5.33. The lowest BCUT2D eigenvalue weighted by Gasteiger charge is -2.16. The van der Waals surface area contributed by atoms with Crippen LogP contribution in [0.3, 0.4) is 0 Å². The summed E-state index contributed by atoms with van der Waals surface area (Å²) in [5.74, 6) is 2.46. The van der Waals surface area contributed by atoms with Crippen LogP contribution >= 0.6 is 0 Å². The molecule has 1 saturated heterocycles. The molecule has 0 aromatic carbocycles. The SMILES string of the molecule is CC(C)c1n[nH]c([C@@H]2OCC[C@@H]2Cn2ccnc2)n1.